The second-order valence-corrected chi connectivity index (χ2v) is 4.65. The first-order valence-corrected chi connectivity index (χ1v) is 5.62. The summed E-state index contributed by atoms with van der Waals surface area (Å²) in [4.78, 5) is 2.61. The molecule has 0 aromatic heterocycles. The molecule has 1 aliphatic heterocycles. The van der Waals surface area contributed by atoms with Crippen LogP contribution in [-0.2, 0) is 0 Å². The van der Waals surface area contributed by atoms with Gasteiger partial charge in [-0.25, -0.2) is 0 Å². The topological polar surface area (TPSA) is 15.3 Å². The molecule has 0 aliphatic carbocycles. The molecule has 0 radical (unpaired) electrons. The Kier molecular flexibility index (Phi) is 4.20. The Hall–Kier alpha value is -0.0800. The molecule has 0 atom stereocenters. The highest BCUT2D eigenvalue weighted by molar-refractivity contribution is 4.87. The zero-order valence-corrected chi connectivity index (χ0v) is 9.40. The zero-order chi connectivity index (χ0) is 9.73. The van der Waals surface area contributed by atoms with Crippen molar-refractivity contribution < 1.29 is 0 Å². The molecule has 1 heterocycles. The molecule has 0 bridgehead atoms. The Morgan fingerprint density at radius 3 is 2.62 bits per heavy atom. The fraction of sp³-hybridized carbons (Fsp3) is 1.00. The number of rotatable bonds is 5. The second kappa shape index (κ2) is 4.97. The third-order valence-corrected chi connectivity index (χ3v) is 3.06. The number of nitrogens with one attached hydrogen (secondary N) is 1. The van der Waals surface area contributed by atoms with Crippen molar-refractivity contribution in [1.29, 1.82) is 0 Å². The molecule has 0 aromatic carbocycles. The highest BCUT2D eigenvalue weighted by Crippen LogP contribution is 2.27. The van der Waals surface area contributed by atoms with E-state index < -0.39 is 0 Å². The Labute approximate surface area is 82.7 Å². The van der Waals surface area contributed by atoms with Crippen LogP contribution in [-0.4, -0.2) is 36.6 Å². The zero-order valence-electron chi connectivity index (χ0n) is 9.40. The molecule has 1 rings (SSSR count). The lowest BCUT2D eigenvalue weighted by atomic mass is 10.0. The number of likely N-dealkylation sites (tertiary alicyclic amines) is 1. The molecule has 2 heteroatoms. The van der Waals surface area contributed by atoms with Crippen LogP contribution in [0.2, 0.25) is 0 Å². The van der Waals surface area contributed by atoms with E-state index in [9.17, 15) is 0 Å². The summed E-state index contributed by atoms with van der Waals surface area (Å²) >= 11 is 0. The third kappa shape index (κ3) is 3.28. The van der Waals surface area contributed by atoms with Crippen molar-refractivity contribution in [2.45, 2.75) is 45.6 Å². The van der Waals surface area contributed by atoms with Gasteiger partial charge in [-0.15, -0.1) is 0 Å². The van der Waals surface area contributed by atoms with Gasteiger partial charge in [0.2, 0.25) is 0 Å². The van der Waals surface area contributed by atoms with Gasteiger partial charge >= 0.3 is 0 Å². The summed E-state index contributed by atoms with van der Waals surface area (Å²) in [5.41, 5.74) is 0.452. The van der Waals surface area contributed by atoms with Crippen molar-refractivity contribution in [2.75, 3.05) is 26.2 Å². The van der Waals surface area contributed by atoms with Gasteiger partial charge in [-0.1, -0.05) is 6.92 Å². The predicted molar refractivity (Wildman–Crippen MR) is 58.0 cm³/mol. The monoisotopic (exact) mass is 184 g/mol. The molecule has 1 N–H and O–H groups in total. The average Bonchev–Trinajstić information content (AvgIpc) is 2.40. The van der Waals surface area contributed by atoms with E-state index in [-0.39, 0.29) is 0 Å². The van der Waals surface area contributed by atoms with E-state index in [4.69, 9.17) is 0 Å². The van der Waals surface area contributed by atoms with Gasteiger partial charge in [-0.2, -0.15) is 0 Å². The Balaban J connectivity index is 2.14. The van der Waals surface area contributed by atoms with Gasteiger partial charge < -0.3 is 5.32 Å². The summed E-state index contributed by atoms with van der Waals surface area (Å²) in [5, 5.41) is 3.46. The smallest absolute Gasteiger partial charge is 0.0154 e. The first-order valence-electron chi connectivity index (χ1n) is 5.62. The lowest BCUT2D eigenvalue weighted by Gasteiger charge is -2.31. The van der Waals surface area contributed by atoms with Crippen LogP contribution in [0.25, 0.3) is 0 Å². The molecule has 0 amide bonds. The van der Waals surface area contributed by atoms with E-state index in [2.05, 4.69) is 31.0 Å². The van der Waals surface area contributed by atoms with Crippen LogP contribution in [0.15, 0.2) is 0 Å². The minimum absolute atomic E-state index is 0.452. The Bertz CT molecular complexity index is 143. The van der Waals surface area contributed by atoms with Gasteiger partial charge in [-0.05, 0) is 46.2 Å². The molecule has 0 spiro atoms. The molecule has 1 saturated heterocycles. The normalized spacial score (nSPS) is 22.4. The summed E-state index contributed by atoms with van der Waals surface area (Å²) in [7, 11) is 0. The fourth-order valence-corrected chi connectivity index (χ4v) is 2.09. The predicted octanol–water partition coefficient (Wildman–Crippen LogP) is 1.86. The van der Waals surface area contributed by atoms with E-state index in [0.717, 1.165) is 13.1 Å². The maximum atomic E-state index is 3.46. The van der Waals surface area contributed by atoms with Crippen molar-refractivity contribution in [3.8, 4) is 0 Å². The highest BCUT2D eigenvalue weighted by atomic mass is 15.2. The standard InChI is InChI=1S/C11H24N2/c1-4-7-12-8-10-13-9-5-6-11(13,2)3/h12H,4-10H2,1-3H3. The van der Waals surface area contributed by atoms with E-state index in [1.54, 1.807) is 0 Å². The van der Waals surface area contributed by atoms with Crippen molar-refractivity contribution in [3.63, 3.8) is 0 Å². The summed E-state index contributed by atoms with van der Waals surface area (Å²) < 4.78 is 0. The minimum atomic E-state index is 0.452. The third-order valence-electron chi connectivity index (χ3n) is 3.06. The Morgan fingerprint density at radius 2 is 2.08 bits per heavy atom. The molecule has 2 nitrogen and oxygen atoms in total. The van der Waals surface area contributed by atoms with Gasteiger partial charge in [0.25, 0.3) is 0 Å². The Morgan fingerprint density at radius 1 is 1.31 bits per heavy atom. The summed E-state index contributed by atoms with van der Waals surface area (Å²) in [6.07, 6.45) is 3.98. The number of nitrogens with zero attached hydrogens (tertiary/aromatic N) is 1. The number of hydrogen-bond acceptors (Lipinski definition) is 2. The van der Waals surface area contributed by atoms with Gasteiger partial charge in [0.05, 0.1) is 0 Å². The van der Waals surface area contributed by atoms with Gasteiger partial charge in [0.15, 0.2) is 0 Å². The largest absolute Gasteiger partial charge is 0.315 e. The summed E-state index contributed by atoms with van der Waals surface area (Å²) in [6, 6.07) is 0. The van der Waals surface area contributed by atoms with Gasteiger partial charge in [0, 0.05) is 18.6 Å². The number of hydrogen-bond donors (Lipinski definition) is 1. The summed E-state index contributed by atoms with van der Waals surface area (Å²) in [5.74, 6) is 0. The molecule has 0 saturated carbocycles. The molecule has 0 unspecified atom stereocenters. The molecular formula is C11H24N2. The molecule has 1 aliphatic rings. The molecule has 13 heavy (non-hydrogen) atoms. The van der Waals surface area contributed by atoms with Crippen LogP contribution >= 0.6 is 0 Å². The van der Waals surface area contributed by atoms with Gasteiger partial charge in [0.1, 0.15) is 0 Å². The average molecular weight is 184 g/mol. The van der Waals surface area contributed by atoms with Crippen LogP contribution in [0.3, 0.4) is 0 Å². The van der Waals surface area contributed by atoms with Crippen LogP contribution < -0.4 is 5.32 Å². The fourth-order valence-electron chi connectivity index (χ4n) is 2.09. The SMILES string of the molecule is CCCNCCN1CCCC1(C)C. The van der Waals surface area contributed by atoms with E-state index in [1.807, 2.05) is 0 Å². The first kappa shape index (κ1) is 11.0. The summed E-state index contributed by atoms with van der Waals surface area (Å²) in [6.45, 7) is 11.8. The molecule has 78 valence electrons. The quantitative estimate of drug-likeness (QED) is 0.656. The van der Waals surface area contributed by atoms with Crippen LogP contribution in [0, 0.1) is 0 Å². The first-order chi connectivity index (χ1) is 6.17. The molecule has 0 aromatic rings. The van der Waals surface area contributed by atoms with Crippen molar-refractivity contribution in [3.05, 3.63) is 0 Å². The van der Waals surface area contributed by atoms with Gasteiger partial charge in [-0.3, -0.25) is 4.90 Å². The molecule has 1 fully saturated rings. The lowest BCUT2D eigenvalue weighted by molar-refractivity contribution is 0.176. The van der Waals surface area contributed by atoms with Crippen LogP contribution in [0.5, 0.6) is 0 Å². The van der Waals surface area contributed by atoms with E-state index in [1.165, 1.54) is 32.4 Å². The van der Waals surface area contributed by atoms with Crippen molar-refractivity contribution >= 4 is 0 Å². The van der Waals surface area contributed by atoms with E-state index >= 15 is 0 Å². The van der Waals surface area contributed by atoms with Crippen LogP contribution in [0.1, 0.15) is 40.0 Å². The highest BCUT2D eigenvalue weighted by Gasteiger charge is 2.30. The minimum Gasteiger partial charge on any atom is -0.315 e. The lowest BCUT2D eigenvalue weighted by Crippen LogP contribution is -2.42. The maximum Gasteiger partial charge on any atom is 0.0154 e. The van der Waals surface area contributed by atoms with Crippen LogP contribution in [0.4, 0.5) is 0 Å². The second-order valence-electron chi connectivity index (χ2n) is 4.65. The van der Waals surface area contributed by atoms with Crippen molar-refractivity contribution in [1.82, 2.24) is 10.2 Å². The van der Waals surface area contributed by atoms with Crippen molar-refractivity contribution in [2.24, 2.45) is 0 Å². The molecular weight excluding hydrogens is 160 g/mol. The van der Waals surface area contributed by atoms with E-state index in [0.29, 0.717) is 5.54 Å². The maximum absolute atomic E-state index is 3.46.